The van der Waals surface area contributed by atoms with E-state index in [1.165, 1.54) is 5.56 Å². The quantitative estimate of drug-likeness (QED) is 0.409. The van der Waals surface area contributed by atoms with Gasteiger partial charge in [0.25, 0.3) is 0 Å². The molecule has 0 amide bonds. The molecule has 3 nitrogen and oxygen atoms in total. The summed E-state index contributed by atoms with van der Waals surface area (Å²) < 4.78 is 6.86. The van der Waals surface area contributed by atoms with Crippen LogP contribution in [0.4, 0.5) is 0 Å². The molecule has 0 radical (unpaired) electrons. The van der Waals surface area contributed by atoms with Gasteiger partial charge in [0.15, 0.2) is 0 Å². The summed E-state index contributed by atoms with van der Waals surface area (Å²) in [6.45, 7) is 10.1. The molecule has 0 unspecified atom stereocenters. The molecule has 2 aromatic rings. The molecule has 7 heteroatoms. The van der Waals surface area contributed by atoms with Crippen molar-refractivity contribution in [2.45, 2.75) is 27.0 Å². The number of likely N-dealkylation sites (N-methyl/N-ethyl adjacent to an activating group) is 1. The van der Waals surface area contributed by atoms with E-state index in [-0.39, 0.29) is 24.8 Å². The standard InChI is InChI=1S/C20H26BrClN2O.2ClH/c1-3-24(4-2)12-11-23-14-17-7-10-20(19(21)13-17)25-15-16-5-8-18(22)9-6-16;;/h5-10,13,23H,3-4,11-12,14-15H2,1-2H3;2*1H. The molecule has 0 bridgehead atoms. The third-order valence-electron chi connectivity index (χ3n) is 4.13. The molecular weight excluding hydrogens is 470 g/mol. The van der Waals surface area contributed by atoms with Crippen molar-refractivity contribution >= 4 is 52.3 Å². The normalized spacial score (nSPS) is 10.3. The van der Waals surface area contributed by atoms with E-state index in [2.05, 4.69) is 52.1 Å². The molecule has 0 fully saturated rings. The summed E-state index contributed by atoms with van der Waals surface area (Å²) >= 11 is 9.51. The molecule has 0 saturated heterocycles. The fourth-order valence-corrected chi connectivity index (χ4v) is 3.19. The molecule has 0 atom stereocenters. The zero-order chi connectivity index (χ0) is 18.1. The van der Waals surface area contributed by atoms with Crippen molar-refractivity contribution in [3.63, 3.8) is 0 Å². The molecule has 1 N–H and O–H groups in total. The van der Waals surface area contributed by atoms with E-state index in [0.29, 0.717) is 6.61 Å². The van der Waals surface area contributed by atoms with E-state index in [1.807, 2.05) is 30.3 Å². The molecule has 152 valence electrons. The van der Waals surface area contributed by atoms with Gasteiger partial charge < -0.3 is 15.0 Å². The van der Waals surface area contributed by atoms with Crippen LogP contribution in [-0.4, -0.2) is 31.1 Å². The molecule has 2 aromatic carbocycles. The fraction of sp³-hybridized carbons (Fsp3) is 0.400. The summed E-state index contributed by atoms with van der Waals surface area (Å²) in [6.07, 6.45) is 0. The van der Waals surface area contributed by atoms with Crippen molar-refractivity contribution in [2.75, 3.05) is 26.2 Å². The highest BCUT2D eigenvalue weighted by atomic mass is 79.9. The second-order valence-corrected chi connectivity index (χ2v) is 7.17. The van der Waals surface area contributed by atoms with Crippen molar-refractivity contribution in [3.05, 3.63) is 63.1 Å². The lowest BCUT2D eigenvalue weighted by atomic mass is 10.2. The van der Waals surface area contributed by atoms with Gasteiger partial charge in [0.05, 0.1) is 4.47 Å². The van der Waals surface area contributed by atoms with Gasteiger partial charge in [-0.25, -0.2) is 0 Å². The smallest absolute Gasteiger partial charge is 0.134 e. The van der Waals surface area contributed by atoms with Gasteiger partial charge in [-0.1, -0.05) is 43.6 Å². The van der Waals surface area contributed by atoms with Gasteiger partial charge in [-0.05, 0) is 64.4 Å². The van der Waals surface area contributed by atoms with Gasteiger partial charge in [-0.3, -0.25) is 0 Å². The molecule has 0 aliphatic rings. The molecule has 0 spiro atoms. The van der Waals surface area contributed by atoms with E-state index in [1.54, 1.807) is 0 Å². The van der Waals surface area contributed by atoms with E-state index in [0.717, 1.165) is 53.5 Å². The molecule has 0 saturated carbocycles. The number of hydrogen-bond acceptors (Lipinski definition) is 3. The highest BCUT2D eigenvalue weighted by molar-refractivity contribution is 9.10. The fourth-order valence-electron chi connectivity index (χ4n) is 2.52. The molecule has 0 aliphatic carbocycles. The maximum atomic E-state index is 5.90. The molecule has 0 aromatic heterocycles. The van der Waals surface area contributed by atoms with Gasteiger partial charge in [0, 0.05) is 24.7 Å². The largest absolute Gasteiger partial charge is 0.488 e. The molecule has 27 heavy (non-hydrogen) atoms. The van der Waals surface area contributed by atoms with E-state index in [4.69, 9.17) is 16.3 Å². The van der Waals surface area contributed by atoms with Crippen LogP contribution in [0.5, 0.6) is 5.75 Å². The van der Waals surface area contributed by atoms with Gasteiger partial charge >= 0.3 is 0 Å². The number of nitrogens with one attached hydrogen (secondary N) is 1. The first-order valence-electron chi connectivity index (χ1n) is 8.71. The number of halogens is 4. The maximum absolute atomic E-state index is 5.90. The van der Waals surface area contributed by atoms with Gasteiger partial charge in [-0.2, -0.15) is 0 Å². The number of nitrogens with zero attached hydrogens (tertiary/aromatic N) is 1. The SMILES string of the molecule is CCN(CC)CCNCc1ccc(OCc2ccc(Cl)cc2)c(Br)c1.Cl.Cl. The lowest BCUT2D eigenvalue weighted by molar-refractivity contribution is 0.301. The lowest BCUT2D eigenvalue weighted by Crippen LogP contribution is -2.31. The summed E-state index contributed by atoms with van der Waals surface area (Å²) in [5, 5.41) is 4.23. The third kappa shape index (κ3) is 9.51. The van der Waals surface area contributed by atoms with Gasteiger partial charge in [0.2, 0.25) is 0 Å². The lowest BCUT2D eigenvalue weighted by Gasteiger charge is -2.18. The Kier molecular flexibility index (Phi) is 14.2. The first-order chi connectivity index (χ1) is 12.1. The summed E-state index contributed by atoms with van der Waals surface area (Å²) in [4.78, 5) is 2.41. The minimum absolute atomic E-state index is 0. The predicted octanol–water partition coefficient (Wildman–Crippen LogP) is 5.96. The minimum atomic E-state index is 0. The second kappa shape index (κ2) is 14.5. The second-order valence-electron chi connectivity index (χ2n) is 5.88. The Balaban J connectivity index is 0.00000338. The van der Waals surface area contributed by atoms with Crippen LogP contribution >= 0.6 is 52.3 Å². The van der Waals surface area contributed by atoms with Crippen LogP contribution in [0.2, 0.25) is 5.02 Å². The minimum Gasteiger partial charge on any atom is -0.488 e. The maximum Gasteiger partial charge on any atom is 0.134 e. The van der Waals surface area contributed by atoms with Gasteiger partial charge in [-0.15, -0.1) is 24.8 Å². The number of hydrogen-bond donors (Lipinski definition) is 1. The third-order valence-corrected chi connectivity index (χ3v) is 5.00. The van der Waals surface area contributed by atoms with Crippen LogP contribution < -0.4 is 10.1 Å². The monoisotopic (exact) mass is 496 g/mol. The van der Waals surface area contributed by atoms with E-state index in [9.17, 15) is 0 Å². The molecule has 2 rings (SSSR count). The summed E-state index contributed by atoms with van der Waals surface area (Å²) in [7, 11) is 0. The van der Waals surface area contributed by atoms with Crippen molar-refractivity contribution in [1.82, 2.24) is 10.2 Å². The first-order valence-corrected chi connectivity index (χ1v) is 9.88. The Hall–Kier alpha value is -0.490. The van der Waals surface area contributed by atoms with Crippen LogP contribution in [0.3, 0.4) is 0 Å². The molecule has 0 heterocycles. The summed E-state index contributed by atoms with van der Waals surface area (Å²) in [6, 6.07) is 13.9. The van der Waals surface area contributed by atoms with Crippen LogP contribution in [-0.2, 0) is 13.2 Å². The Bertz CT molecular complexity index is 652. The van der Waals surface area contributed by atoms with Crippen molar-refractivity contribution in [2.24, 2.45) is 0 Å². The van der Waals surface area contributed by atoms with Gasteiger partial charge in [0.1, 0.15) is 12.4 Å². The zero-order valence-electron chi connectivity index (χ0n) is 15.7. The topological polar surface area (TPSA) is 24.5 Å². The van der Waals surface area contributed by atoms with E-state index >= 15 is 0 Å². The number of benzene rings is 2. The van der Waals surface area contributed by atoms with Crippen LogP contribution in [0.1, 0.15) is 25.0 Å². The average molecular weight is 499 g/mol. The van der Waals surface area contributed by atoms with Crippen LogP contribution in [0.15, 0.2) is 46.9 Å². The molecule has 0 aliphatic heterocycles. The average Bonchev–Trinajstić information content (AvgIpc) is 2.62. The van der Waals surface area contributed by atoms with Crippen molar-refractivity contribution in [3.8, 4) is 5.75 Å². The number of ether oxygens (including phenoxy) is 1. The Morgan fingerprint density at radius 3 is 2.22 bits per heavy atom. The Morgan fingerprint density at radius 2 is 1.63 bits per heavy atom. The Labute approximate surface area is 188 Å². The van der Waals surface area contributed by atoms with Crippen LogP contribution in [0.25, 0.3) is 0 Å². The zero-order valence-corrected chi connectivity index (χ0v) is 19.7. The predicted molar refractivity (Wildman–Crippen MR) is 124 cm³/mol. The number of rotatable bonds is 10. The van der Waals surface area contributed by atoms with Crippen molar-refractivity contribution in [1.29, 1.82) is 0 Å². The van der Waals surface area contributed by atoms with Crippen molar-refractivity contribution < 1.29 is 4.74 Å². The summed E-state index contributed by atoms with van der Waals surface area (Å²) in [5.74, 6) is 0.849. The van der Waals surface area contributed by atoms with E-state index < -0.39 is 0 Å². The Morgan fingerprint density at radius 1 is 1.00 bits per heavy atom. The highest BCUT2D eigenvalue weighted by Gasteiger charge is 2.04. The molecular formula is C20H28BrCl3N2O. The first kappa shape index (κ1) is 26.5. The van der Waals surface area contributed by atoms with Crippen LogP contribution in [0, 0.1) is 0 Å². The highest BCUT2D eigenvalue weighted by Crippen LogP contribution is 2.27. The summed E-state index contributed by atoms with van der Waals surface area (Å²) in [5.41, 5.74) is 2.34.